The molecule has 0 aliphatic carbocycles. The molecule has 0 N–H and O–H groups in total. The van der Waals surface area contributed by atoms with Gasteiger partial charge in [0.2, 0.25) is 5.91 Å². The molecule has 2 aromatic carbocycles. The molecule has 3 heterocycles. The Bertz CT molecular complexity index is 1230. The van der Waals surface area contributed by atoms with E-state index in [-0.39, 0.29) is 5.91 Å². The molecule has 2 fully saturated rings. The first-order valence-corrected chi connectivity index (χ1v) is 15.7. The lowest BCUT2D eigenvalue weighted by Gasteiger charge is -2.47. The number of rotatable bonds is 10. The number of piperidine rings is 1. The first-order valence-electron chi connectivity index (χ1n) is 14.3. The van der Waals surface area contributed by atoms with Crippen LogP contribution in [0.5, 0.6) is 5.75 Å². The van der Waals surface area contributed by atoms with Crippen LogP contribution >= 0.6 is 22.9 Å². The Morgan fingerprint density at radius 3 is 2.62 bits per heavy atom. The van der Waals surface area contributed by atoms with Gasteiger partial charge in [0.15, 0.2) is 0 Å². The molecular formula is C32H41ClN4O2S. The van der Waals surface area contributed by atoms with Gasteiger partial charge in [-0.2, -0.15) is 11.3 Å². The second-order valence-electron chi connectivity index (χ2n) is 11.1. The lowest BCUT2D eigenvalue weighted by atomic mass is 9.86. The van der Waals surface area contributed by atoms with Crippen molar-refractivity contribution in [2.24, 2.45) is 5.92 Å². The van der Waals surface area contributed by atoms with Gasteiger partial charge in [-0.15, -0.1) is 0 Å². The molecular weight excluding hydrogens is 540 g/mol. The highest BCUT2D eigenvalue weighted by atomic mass is 35.5. The first kappa shape index (κ1) is 28.9. The van der Waals surface area contributed by atoms with Gasteiger partial charge in [0, 0.05) is 70.3 Å². The SMILES string of the molecule is COc1ccccc1N1CCN([C@H]2CCN(Cc3cccc(Cl)c3)C[C@H]2CCC(=O)N(C)Cc2ccsc2)CC1. The van der Waals surface area contributed by atoms with Crippen molar-refractivity contribution in [3.8, 4) is 5.75 Å². The Hall–Kier alpha value is -2.58. The number of benzene rings is 2. The average molecular weight is 581 g/mol. The van der Waals surface area contributed by atoms with Crippen LogP contribution in [0, 0.1) is 5.92 Å². The van der Waals surface area contributed by atoms with Crippen molar-refractivity contribution in [2.45, 2.75) is 38.4 Å². The topological polar surface area (TPSA) is 39.3 Å². The number of ether oxygens (including phenoxy) is 1. The van der Waals surface area contributed by atoms with Gasteiger partial charge in [-0.05, 0) is 77.5 Å². The van der Waals surface area contributed by atoms with E-state index in [1.165, 1.54) is 16.8 Å². The van der Waals surface area contributed by atoms with E-state index in [0.29, 0.717) is 24.9 Å². The van der Waals surface area contributed by atoms with Crippen LogP contribution in [0.4, 0.5) is 5.69 Å². The van der Waals surface area contributed by atoms with Crippen molar-refractivity contribution < 1.29 is 9.53 Å². The zero-order valence-electron chi connectivity index (χ0n) is 23.7. The predicted molar refractivity (Wildman–Crippen MR) is 165 cm³/mol. The summed E-state index contributed by atoms with van der Waals surface area (Å²) in [5.41, 5.74) is 3.63. The lowest BCUT2D eigenvalue weighted by molar-refractivity contribution is -0.131. The van der Waals surface area contributed by atoms with Crippen molar-refractivity contribution in [3.63, 3.8) is 0 Å². The van der Waals surface area contributed by atoms with E-state index < -0.39 is 0 Å². The summed E-state index contributed by atoms with van der Waals surface area (Å²) in [6.45, 7) is 7.67. The number of para-hydroxylation sites is 2. The third kappa shape index (κ3) is 7.38. The molecule has 3 aromatic rings. The number of anilines is 1. The van der Waals surface area contributed by atoms with Gasteiger partial charge in [0.05, 0.1) is 12.8 Å². The molecule has 6 nitrogen and oxygen atoms in total. The second kappa shape index (κ2) is 13.9. The van der Waals surface area contributed by atoms with E-state index in [2.05, 4.69) is 55.8 Å². The summed E-state index contributed by atoms with van der Waals surface area (Å²) in [5, 5.41) is 4.98. The van der Waals surface area contributed by atoms with E-state index in [1.54, 1.807) is 18.4 Å². The zero-order chi connectivity index (χ0) is 27.9. The van der Waals surface area contributed by atoms with Crippen LogP contribution in [0.15, 0.2) is 65.4 Å². The number of methoxy groups -OCH3 is 1. The molecule has 0 bridgehead atoms. The summed E-state index contributed by atoms with van der Waals surface area (Å²) < 4.78 is 5.63. The maximum absolute atomic E-state index is 13.1. The smallest absolute Gasteiger partial charge is 0.222 e. The minimum Gasteiger partial charge on any atom is -0.495 e. The van der Waals surface area contributed by atoms with Gasteiger partial charge in [-0.1, -0.05) is 35.9 Å². The fourth-order valence-electron chi connectivity index (χ4n) is 6.33. The summed E-state index contributed by atoms with van der Waals surface area (Å²) in [7, 11) is 3.68. The standard InChI is InChI=1S/C32H41ClN4O2S/c1-34(21-26-13-19-40-24-26)32(38)11-10-27-23-35(22-25-6-5-7-28(33)20-25)14-12-29(27)36-15-17-37(18-16-36)30-8-3-4-9-31(30)39-2/h3-9,13,19-20,24,27,29H,10-12,14-18,21-23H2,1-2H3/t27-,29+/m1/s1. The maximum Gasteiger partial charge on any atom is 0.222 e. The van der Waals surface area contributed by atoms with E-state index in [4.69, 9.17) is 16.3 Å². The Morgan fingerprint density at radius 1 is 1.05 bits per heavy atom. The number of likely N-dealkylation sites (tertiary alicyclic amines) is 1. The lowest BCUT2D eigenvalue weighted by Crippen LogP contribution is -2.56. The van der Waals surface area contributed by atoms with E-state index >= 15 is 0 Å². The number of hydrogen-bond acceptors (Lipinski definition) is 6. The fraction of sp³-hybridized carbons (Fsp3) is 0.469. The molecule has 214 valence electrons. The van der Waals surface area contributed by atoms with Crippen LogP contribution in [-0.4, -0.2) is 80.1 Å². The van der Waals surface area contributed by atoms with Crippen LogP contribution in [0.1, 0.15) is 30.4 Å². The van der Waals surface area contributed by atoms with Crippen molar-refractivity contribution in [2.75, 3.05) is 58.3 Å². The predicted octanol–water partition coefficient (Wildman–Crippen LogP) is 5.86. The quantitative estimate of drug-likeness (QED) is 0.300. The molecule has 8 heteroatoms. The first-order chi connectivity index (χ1) is 19.5. The monoisotopic (exact) mass is 580 g/mol. The molecule has 1 amide bonds. The Labute approximate surface area is 248 Å². The maximum atomic E-state index is 13.1. The molecule has 0 radical (unpaired) electrons. The minimum absolute atomic E-state index is 0.234. The van der Waals surface area contributed by atoms with Gasteiger partial charge in [-0.25, -0.2) is 0 Å². The number of amides is 1. The van der Waals surface area contributed by atoms with Crippen LogP contribution in [0.2, 0.25) is 5.02 Å². The van der Waals surface area contributed by atoms with Crippen molar-refractivity contribution in [3.05, 3.63) is 81.5 Å². The molecule has 0 unspecified atom stereocenters. The van der Waals surface area contributed by atoms with Crippen LogP contribution in [0.3, 0.4) is 0 Å². The average Bonchev–Trinajstić information content (AvgIpc) is 3.49. The summed E-state index contributed by atoms with van der Waals surface area (Å²) in [4.78, 5) is 22.7. The van der Waals surface area contributed by atoms with Crippen LogP contribution in [0.25, 0.3) is 0 Å². The van der Waals surface area contributed by atoms with Gasteiger partial charge < -0.3 is 14.5 Å². The van der Waals surface area contributed by atoms with Crippen molar-refractivity contribution >= 4 is 34.5 Å². The van der Waals surface area contributed by atoms with E-state index in [1.807, 2.05) is 36.2 Å². The van der Waals surface area contributed by atoms with Gasteiger partial charge >= 0.3 is 0 Å². The number of piperazine rings is 1. The third-order valence-electron chi connectivity index (χ3n) is 8.44. The molecule has 1 aromatic heterocycles. The minimum atomic E-state index is 0.234. The van der Waals surface area contributed by atoms with Crippen LogP contribution in [-0.2, 0) is 17.9 Å². The number of nitrogens with zero attached hydrogens (tertiary/aromatic N) is 4. The second-order valence-corrected chi connectivity index (χ2v) is 12.3. The fourth-order valence-corrected chi connectivity index (χ4v) is 7.20. The van der Waals surface area contributed by atoms with Gasteiger partial charge in [0.25, 0.3) is 0 Å². The molecule has 0 spiro atoms. The zero-order valence-corrected chi connectivity index (χ0v) is 25.2. The van der Waals surface area contributed by atoms with E-state index in [0.717, 1.165) is 69.4 Å². The number of carbonyl (C=O) groups excluding carboxylic acids is 1. The summed E-state index contributed by atoms with van der Waals surface area (Å²) in [6, 6.07) is 19.1. The molecule has 2 saturated heterocycles. The number of hydrogen-bond donors (Lipinski definition) is 0. The molecule has 2 aliphatic heterocycles. The molecule has 2 aliphatic rings. The Morgan fingerprint density at radius 2 is 1.88 bits per heavy atom. The highest BCUT2D eigenvalue weighted by molar-refractivity contribution is 7.07. The Balaban J connectivity index is 1.23. The van der Waals surface area contributed by atoms with Crippen molar-refractivity contribution in [1.82, 2.24) is 14.7 Å². The highest BCUT2D eigenvalue weighted by Gasteiger charge is 2.35. The van der Waals surface area contributed by atoms with E-state index in [9.17, 15) is 4.79 Å². The summed E-state index contributed by atoms with van der Waals surface area (Å²) in [5.74, 6) is 1.62. The molecule has 2 atom stereocenters. The third-order valence-corrected chi connectivity index (χ3v) is 9.40. The van der Waals surface area contributed by atoms with Crippen LogP contribution < -0.4 is 9.64 Å². The summed E-state index contributed by atoms with van der Waals surface area (Å²) in [6.07, 6.45) is 2.63. The molecule has 5 rings (SSSR count). The number of thiophene rings is 1. The normalized spacial score (nSPS) is 20.4. The number of carbonyl (C=O) groups is 1. The molecule has 40 heavy (non-hydrogen) atoms. The molecule has 0 saturated carbocycles. The number of halogens is 1. The summed E-state index contributed by atoms with van der Waals surface area (Å²) >= 11 is 7.96. The van der Waals surface area contributed by atoms with Crippen molar-refractivity contribution in [1.29, 1.82) is 0 Å². The van der Waals surface area contributed by atoms with Gasteiger partial charge in [0.1, 0.15) is 5.75 Å². The highest BCUT2D eigenvalue weighted by Crippen LogP contribution is 2.32. The van der Waals surface area contributed by atoms with Gasteiger partial charge in [-0.3, -0.25) is 14.6 Å². The largest absolute Gasteiger partial charge is 0.495 e. The Kier molecular flexibility index (Phi) is 10.0.